The monoisotopic (exact) mass is 500 g/mol. The van der Waals surface area contributed by atoms with Crippen LogP contribution in [0, 0.1) is 0 Å². The van der Waals surface area contributed by atoms with Gasteiger partial charge in [0.05, 0.1) is 0 Å². The van der Waals surface area contributed by atoms with Crippen LogP contribution >= 0.6 is 0 Å². The Labute approximate surface area is 216 Å². The molecule has 0 atom stereocenters. The maximum atomic E-state index is 2.35. The Bertz CT molecular complexity index is 281. The first-order valence-electron chi connectivity index (χ1n) is 16.2. The van der Waals surface area contributed by atoms with Gasteiger partial charge >= 0.3 is 217 Å². The summed E-state index contributed by atoms with van der Waals surface area (Å²) in [6.45, 7) is 9.40. The van der Waals surface area contributed by atoms with Gasteiger partial charge in [-0.3, -0.25) is 0 Å². The fraction of sp³-hybridized carbons (Fsp3) is 1.00. The van der Waals surface area contributed by atoms with E-state index in [1.54, 1.807) is 44.6 Å². The summed E-state index contributed by atoms with van der Waals surface area (Å²) in [6.07, 6.45) is 35.9. The van der Waals surface area contributed by atoms with E-state index in [0.717, 1.165) is 0 Å². The topological polar surface area (TPSA) is 0 Å². The van der Waals surface area contributed by atoms with E-state index >= 15 is 0 Å². The molecule has 0 aromatic heterocycles. The molecule has 0 bridgehead atoms. The van der Waals surface area contributed by atoms with Gasteiger partial charge in [0, 0.05) is 0 Å². The summed E-state index contributed by atoms with van der Waals surface area (Å²) in [5.41, 5.74) is 0. The van der Waals surface area contributed by atoms with E-state index in [0.29, 0.717) is 0 Å². The minimum absolute atomic E-state index is 1.38. The molecule has 0 heterocycles. The van der Waals surface area contributed by atoms with Crippen LogP contribution in [-0.2, 0) is 16.6 Å². The maximum absolute atomic E-state index is 2.35. The summed E-state index contributed by atoms with van der Waals surface area (Å²) < 4.78 is 6.91. The van der Waals surface area contributed by atoms with Gasteiger partial charge in [-0.05, 0) is 0 Å². The van der Waals surface area contributed by atoms with E-state index in [2.05, 4.69) is 27.7 Å². The molecule has 33 heavy (non-hydrogen) atoms. The molecule has 0 saturated heterocycles. The summed E-state index contributed by atoms with van der Waals surface area (Å²) in [5, 5.41) is 0. The molecule has 0 unspecified atom stereocenters. The van der Waals surface area contributed by atoms with E-state index < -0.39 is 16.6 Å². The minimum atomic E-state index is -1.68. The quantitative estimate of drug-likeness (QED) is 0.0740. The first kappa shape index (κ1) is 33.7. The van der Waals surface area contributed by atoms with Crippen molar-refractivity contribution in [1.29, 1.82) is 0 Å². The third kappa shape index (κ3) is 22.9. The first-order valence-corrected chi connectivity index (χ1v) is 20.7. The van der Waals surface area contributed by atoms with Crippen molar-refractivity contribution in [2.24, 2.45) is 0 Å². The van der Waals surface area contributed by atoms with E-state index in [1.807, 2.05) is 0 Å². The predicted molar refractivity (Wildman–Crippen MR) is 153 cm³/mol. The third-order valence-electron chi connectivity index (χ3n) is 8.24. The van der Waals surface area contributed by atoms with Crippen molar-refractivity contribution in [3.63, 3.8) is 0 Å². The summed E-state index contributed by atoms with van der Waals surface area (Å²) in [5.74, 6) is 0. The molecule has 0 fully saturated rings. The van der Waals surface area contributed by atoms with Gasteiger partial charge < -0.3 is 0 Å². The molecule has 0 amide bonds. The summed E-state index contributed by atoms with van der Waals surface area (Å²) in [7, 11) is 0. The molecule has 1 heteroatoms. The van der Waals surface area contributed by atoms with Gasteiger partial charge in [-0.2, -0.15) is 0 Å². The van der Waals surface area contributed by atoms with Gasteiger partial charge in [-0.1, -0.05) is 0 Å². The Morgan fingerprint density at radius 3 is 0.636 bits per heavy atom. The molecule has 0 radical (unpaired) electrons. The molecule has 0 spiro atoms. The van der Waals surface area contributed by atoms with Crippen LogP contribution in [0.1, 0.15) is 182 Å². The molecule has 0 aliphatic rings. The Morgan fingerprint density at radius 2 is 0.424 bits per heavy atom. The summed E-state index contributed by atoms with van der Waals surface area (Å²) in [6, 6.07) is 0. The Kier molecular flexibility index (Phi) is 27.9. The van der Waals surface area contributed by atoms with Crippen LogP contribution in [0.15, 0.2) is 0 Å². The zero-order valence-electron chi connectivity index (χ0n) is 24.3. The fourth-order valence-electron chi connectivity index (χ4n) is 5.87. The number of hydrogen-bond acceptors (Lipinski definition) is 0. The molecule has 0 nitrogen and oxygen atoms in total. The second kappa shape index (κ2) is 27.3. The zero-order valence-corrected chi connectivity index (χ0v) is 25.9. The zero-order chi connectivity index (χ0) is 24.3. The van der Waals surface area contributed by atoms with Crippen molar-refractivity contribution < 1.29 is 16.6 Å². The molecular formula is C32H68Ti. The molecule has 0 N–H and O–H groups in total. The average Bonchev–Trinajstić information content (AvgIpc) is 2.83. The third-order valence-corrected chi connectivity index (χ3v) is 17.1. The average molecular weight is 501 g/mol. The van der Waals surface area contributed by atoms with Crippen molar-refractivity contribution in [1.82, 2.24) is 0 Å². The Hall–Kier alpha value is 0.714. The molecule has 0 aromatic carbocycles. The van der Waals surface area contributed by atoms with Crippen LogP contribution in [0.5, 0.6) is 0 Å². The molecule has 0 aliphatic carbocycles. The standard InChI is InChI=1S/4C8H17.Ti/c4*1-3-5-7-8-6-4-2;/h4*1,3-8H2,2H3;. The van der Waals surface area contributed by atoms with Gasteiger partial charge in [0.2, 0.25) is 0 Å². The first-order chi connectivity index (χ1) is 16.2. The van der Waals surface area contributed by atoms with Crippen LogP contribution in [0.2, 0.25) is 18.9 Å². The van der Waals surface area contributed by atoms with Gasteiger partial charge in [0.25, 0.3) is 0 Å². The van der Waals surface area contributed by atoms with Crippen molar-refractivity contribution >= 4 is 0 Å². The normalized spacial score (nSPS) is 12.0. The van der Waals surface area contributed by atoms with Crippen LogP contribution < -0.4 is 0 Å². The summed E-state index contributed by atoms with van der Waals surface area (Å²) >= 11 is -1.68. The van der Waals surface area contributed by atoms with E-state index in [9.17, 15) is 0 Å². The van der Waals surface area contributed by atoms with Crippen LogP contribution in [0.25, 0.3) is 0 Å². The van der Waals surface area contributed by atoms with Crippen molar-refractivity contribution in [2.45, 2.75) is 201 Å². The SMILES string of the molecule is CCCCCCC[CH2][Ti]([CH2]CCCCCCC)([CH2]CCCCCCC)[CH2]CCCCCCC. The predicted octanol–water partition coefficient (Wildman–Crippen LogP) is 13.3. The van der Waals surface area contributed by atoms with Crippen molar-refractivity contribution in [3.05, 3.63) is 0 Å². The molecule has 200 valence electrons. The Morgan fingerprint density at radius 1 is 0.242 bits per heavy atom. The van der Waals surface area contributed by atoms with E-state index in [1.165, 1.54) is 128 Å². The van der Waals surface area contributed by atoms with Crippen molar-refractivity contribution in [2.75, 3.05) is 0 Å². The van der Waals surface area contributed by atoms with Gasteiger partial charge in [-0.25, -0.2) is 0 Å². The van der Waals surface area contributed by atoms with Crippen LogP contribution in [-0.4, -0.2) is 0 Å². The number of rotatable bonds is 28. The molecule has 0 aromatic rings. The Balaban J connectivity index is 4.74. The van der Waals surface area contributed by atoms with E-state index in [4.69, 9.17) is 0 Å². The van der Waals surface area contributed by atoms with Crippen molar-refractivity contribution in [3.8, 4) is 0 Å². The van der Waals surface area contributed by atoms with Crippen LogP contribution in [0.4, 0.5) is 0 Å². The molecule has 0 saturated carbocycles. The summed E-state index contributed by atoms with van der Waals surface area (Å²) in [4.78, 5) is 0. The van der Waals surface area contributed by atoms with Gasteiger partial charge in [0.15, 0.2) is 0 Å². The van der Waals surface area contributed by atoms with Gasteiger partial charge in [0.1, 0.15) is 0 Å². The number of unbranched alkanes of at least 4 members (excludes halogenated alkanes) is 20. The fourth-order valence-corrected chi connectivity index (χ4v) is 14.5. The second-order valence-corrected chi connectivity index (χ2v) is 19.4. The molecule has 0 rings (SSSR count). The second-order valence-electron chi connectivity index (χ2n) is 11.6. The molecular weight excluding hydrogens is 432 g/mol. The number of hydrogen-bond donors (Lipinski definition) is 0. The van der Waals surface area contributed by atoms with Gasteiger partial charge in [-0.15, -0.1) is 0 Å². The van der Waals surface area contributed by atoms with Crippen LogP contribution in [0.3, 0.4) is 0 Å². The molecule has 0 aliphatic heterocycles. The van der Waals surface area contributed by atoms with E-state index in [-0.39, 0.29) is 0 Å².